The summed E-state index contributed by atoms with van der Waals surface area (Å²) in [7, 11) is -1.07. The molecule has 141 valence electrons. The van der Waals surface area contributed by atoms with Crippen LogP contribution < -0.4 is 21.2 Å². The molecule has 28 heavy (non-hydrogen) atoms. The average molecular weight is 490 g/mol. The van der Waals surface area contributed by atoms with E-state index in [0.29, 0.717) is 3.87 Å². The molecule has 3 heteroatoms. The van der Waals surface area contributed by atoms with Crippen LogP contribution in [0.4, 0.5) is 0 Å². The van der Waals surface area contributed by atoms with E-state index < -0.39 is 15.8 Å². The summed E-state index contributed by atoms with van der Waals surface area (Å²) in [5.41, 5.74) is 0. The van der Waals surface area contributed by atoms with Crippen LogP contribution in [0.15, 0.2) is 121 Å². The fourth-order valence-corrected chi connectivity index (χ4v) is 12.0. The van der Waals surface area contributed by atoms with E-state index in [1.807, 2.05) is 0 Å². The molecule has 4 aromatic rings. The molecule has 0 spiro atoms. The molecule has 0 atom stereocenters. The summed E-state index contributed by atoms with van der Waals surface area (Å²) in [6.45, 7) is 0. The van der Waals surface area contributed by atoms with Crippen LogP contribution in [0, 0.1) is 0 Å². The molecule has 0 bridgehead atoms. The zero-order valence-corrected chi connectivity index (χ0v) is 18.7. The first-order valence-electron chi connectivity index (χ1n) is 9.24. The van der Waals surface area contributed by atoms with Crippen molar-refractivity contribution in [2.24, 2.45) is 0 Å². The van der Waals surface area contributed by atoms with Crippen molar-refractivity contribution in [3.8, 4) is 0 Å². The molecule has 0 saturated carbocycles. The molecule has 0 radical (unpaired) electrons. The van der Waals surface area contributed by atoms with Crippen LogP contribution in [0.5, 0.6) is 0 Å². The van der Waals surface area contributed by atoms with Crippen molar-refractivity contribution < 1.29 is 19.2 Å². The standard InChI is InChI=1S/C25H21P2.Pd/c1-5-13-22(14-6-1)26(23-15-7-2-8-16-23)21-27(24-17-9-3-10-18-24)25-19-11-4-12-20-25;/h1-21H;. The minimum atomic E-state index is -0.537. The van der Waals surface area contributed by atoms with Gasteiger partial charge in [0.1, 0.15) is 0 Å². The van der Waals surface area contributed by atoms with E-state index >= 15 is 0 Å². The summed E-state index contributed by atoms with van der Waals surface area (Å²) in [4.78, 5) is 0. The third-order valence-corrected chi connectivity index (χ3v) is 12.5. The van der Waals surface area contributed by atoms with Crippen molar-refractivity contribution in [2.75, 3.05) is 0 Å². The van der Waals surface area contributed by atoms with Gasteiger partial charge >= 0.3 is 181 Å². The Morgan fingerprint density at radius 3 is 0.821 bits per heavy atom. The fraction of sp³-hybridized carbons (Fsp3) is 0.0400. The second-order valence-electron chi connectivity index (χ2n) is 6.36. The van der Waals surface area contributed by atoms with Crippen molar-refractivity contribution in [3.05, 3.63) is 121 Å². The van der Waals surface area contributed by atoms with Crippen molar-refractivity contribution in [2.45, 2.75) is 3.87 Å². The van der Waals surface area contributed by atoms with Gasteiger partial charge in [0.05, 0.1) is 0 Å². The Morgan fingerprint density at radius 2 is 0.607 bits per heavy atom. The van der Waals surface area contributed by atoms with Gasteiger partial charge < -0.3 is 0 Å². The molecule has 0 aliphatic heterocycles. The SMILES string of the molecule is [Pd][CH](P(c1ccccc1)c1ccccc1)P(c1ccccc1)c1ccccc1. The van der Waals surface area contributed by atoms with E-state index in [0.717, 1.165) is 0 Å². The van der Waals surface area contributed by atoms with Gasteiger partial charge in [-0.15, -0.1) is 0 Å². The Kier molecular flexibility index (Phi) is 6.86. The zero-order valence-electron chi connectivity index (χ0n) is 15.3. The number of rotatable bonds is 6. The first kappa shape index (κ1) is 19.7. The third-order valence-electron chi connectivity index (χ3n) is 4.53. The first-order valence-corrected chi connectivity index (χ1v) is 13.0. The molecule has 0 aromatic heterocycles. The van der Waals surface area contributed by atoms with Crippen molar-refractivity contribution in [3.63, 3.8) is 0 Å². The van der Waals surface area contributed by atoms with Crippen molar-refractivity contribution in [1.29, 1.82) is 0 Å². The Labute approximate surface area is 180 Å². The normalized spacial score (nSPS) is 11.3. The number of benzene rings is 4. The predicted molar refractivity (Wildman–Crippen MR) is 122 cm³/mol. The molecular weight excluding hydrogens is 469 g/mol. The monoisotopic (exact) mass is 489 g/mol. The summed E-state index contributed by atoms with van der Waals surface area (Å²) in [5, 5.41) is 5.67. The molecule has 4 rings (SSSR count). The molecule has 4 aromatic carbocycles. The van der Waals surface area contributed by atoms with Gasteiger partial charge in [-0.2, -0.15) is 0 Å². The van der Waals surface area contributed by atoms with Crippen LogP contribution in [0.1, 0.15) is 0 Å². The molecule has 0 N–H and O–H groups in total. The third kappa shape index (κ3) is 4.52. The van der Waals surface area contributed by atoms with Gasteiger partial charge in [-0.3, -0.25) is 0 Å². The molecule has 0 saturated heterocycles. The molecular formula is C25H21P2Pd. The molecule has 0 fully saturated rings. The minimum absolute atomic E-state index is 0.377. The van der Waals surface area contributed by atoms with Gasteiger partial charge in [0.2, 0.25) is 0 Å². The molecule has 0 heterocycles. The van der Waals surface area contributed by atoms with Crippen molar-refractivity contribution in [1.82, 2.24) is 0 Å². The Hall–Kier alpha value is -1.60. The van der Waals surface area contributed by atoms with Gasteiger partial charge in [0.25, 0.3) is 0 Å². The summed E-state index contributed by atoms with van der Waals surface area (Å²) in [6, 6.07) is 43.9. The van der Waals surface area contributed by atoms with Gasteiger partial charge in [0.15, 0.2) is 0 Å². The van der Waals surface area contributed by atoms with Crippen LogP contribution >= 0.6 is 15.8 Å². The Morgan fingerprint density at radius 1 is 0.393 bits per heavy atom. The van der Waals surface area contributed by atoms with Crippen LogP contribution in [0.3, 0.4) is 0 Å². The van der Waals surface area contributed by atoms with Gasteiger partial charge in [-0.05, 0) is 0 Å². The van der Waals surface area contributed by atoms with Crippen LogP contribution in [-0.4, -0.2) is 3.87 Å². The van der Waals surface area contributed by atoms with Crippen LogP contribution in [0.2, 0.25) is 0 Å². The topological polar surface area (TPSA) is 0 Å². The van der Waals surface area contributed by atoms with Gasteiger partial charge in [0, 0.05) is 0 Å². The first-order chi connectivity index (χ1) is 13.8. The Balaban J connectivity index is 1.84. The van der Waals surface area contributed by atoms with Crippen molar-refractivity contribution >= 4 is 37.1 Å². The van der Waals surface area contributed by atoms with E-state index in [2.05, 4.69) is 141 Å². The molecule has 0 amide bonds. The van der Waals surface area contributed by atoms with Crippen LogP contribution in [-0.2, 0) is 19.2 Å². The maximum atomic E-state index is 3.86. The molecule has 0 nitrogen and oxygen atoms in total. The second kappa shape index (κ2) is 9.74. The zero-order chi connectivity index (χ0) is 19.2. The van der Waals surface area contributed by atoms with Gasteiger partial charge in [-0.25, -0.2) is 0 Å². The van der Waals surface area contributed by atoms with Crippen LogP contribution in [0.25, 0.3) is 0 Å². The van der Waals surface area contributed by atoms with E-state index in [4.69, 9.17) is 0 Å². The quantitative estimate of drug-likeness (QED) is 0.262. The fourth-order valence-electron chi connectivity index (χ4n) is 3.22. The van der Waals surface area contributed by atoms with E-state index in [1.54, 1.807) is 0 Å². The van der Waals surface area contributed by atoms with Gasteiger partial charge in [-0.1, -0.05) is 0 Å². The molecule has 0 unspecified atom stereocenters. The summed E-state index contributed by atoms with van der Waals surface area (Å²) in [5.74, 6) is 0. The van der Waals surface area contributed by atoms with E-state index in [-0.39, 0.29) is 0 Å². The number of hydrogen-bond donors (Lipinski definition) is 0. The summed E-state index contributed by atoms with van der Waals surface area (Å²) in [6.07, 6.45) is 0. The average Bonchev–Trinajstić information content (AvgIpc) is 2.77. The second-order valence-corrected chi connectivity index (χ2v) is 13.6. The summed E-state index contributed by atoms with van der Waals surface area (Å²) >= 11 is 3.86. The van der Waals surface area contributed by atoms with E-state index in [1.165, 1.54) is 21.2 Å². The molecule has 0 aliphatic carbocycles. The van der Waals surface area contributed by atoms with E-state index in [9.17, 15) is 0 Å². The Bertz CT molecular complexity index is 814. The summed E-state index contributed by atoms with van der Waals surface area (Å²) < 4.78 is 0.377. The predicted octanol–water partition coefficient (Wildman–Crippen LogP) is 5.08. The molecule has 0 aliphatic rings. The number of hydrogen-bond acceptors (Lipinski definition) is 0. The maximum absolute atomic E-state index is 3.86.